The Balaban J connectivity index is 1.98. The van der Waals surface area contributed by atoms with Crippen LogP contribution in [-0.2, 0) is 16.4 Å². The van der Waals surface area contributed by atoms with Gasteiger partial charge in [-0.3, -0.25) is 0 Å². The van der Waals surface area contributed by atoms with Gasteiger partial charge in [0.05, 0.1) is 16.8 Å². The molecule has 1 aromatic carbocycles. The van der Waals surface area contributed by atoms with E-state index in [0.717, 1.165) is 18.7 Å². The molecule has 6 heteroatoms. The summed E-state index contributed by atoms with van der Waals surface area (Å²) in [5.74, 6) is 0.297. The molecule has 118 valence electrons. The van der Waals surface area contributed by atoms with Gasteiger partial charge in [0.2, 0.25) is 0 Å². The summed E-state index contributed by atoms with van der Waals surface area (Å²) in [7, 11) is -3.28. The lowest BCUT2D eigenvalue weighted by atomic mass is 9.97. The molecule has 2 rings (SSSR count). The van der Waals surface area contributed by atoms with Crippen molar-refractivity contribution in [3.05, 3.63) is 29.8 Å². The van der Waals surface area contributed by atoms with E-state index in [9.17, 15) is 13.5 Å². The van der Waals surface area contributed by atoms with E-state index >= 15 is 0 Å². The fourth-order valence-corrected chi connectivity index (χ4v) is 4.01. The number of nitrogens with two attached hydrogens (primary N) is 1. The molecular weight excluding hydrogens is 288 g/mol. The van der Waals surface area contributed by atoms with Gasteiger partial charge in [-0.15, -0.1) is 0 Å². The van der Waals surface area contributed by atoms with Gasteiger partial charge in [-0.1, -0.05) is 19.1 Å². The van der Waals surface area contributed by atoms with Crippen LogP contribution in [0.3, 0.4) is 0 Å². The second-order valence-electron chi connectivity index (χ2n) is 5.80. The summed E-state index contributed by atoms with van der Waals surface area (Å²) >= 11 is 0. The normalized spacial score (nSPS) is 24.1. The molecule has 2 atom stereocenters. The number of rotatable bonds is 5. The Labute approximate surface area is 126 Å². The molecule has 1 heterocycles. The maximum atomic E-state index is 12.4. The van der Waals surface area contributed by atoms with E-state index in [0.29, 0.717) is 24.4 Å². The van der Waals surface area contributed by atoms with Gasteiger partial charge < -0.3 is 15.7 Å². The molecule has 21 heavy (non-hydrogen) atoms. The number of benzene rings is 1. The SMILES string of the molecule is CC1CN(CCS(=O)(=O)c2cccc(CN)c2)CCC1O. The third-order valence-electron chi connectivity index (χ3n) is 4.11. The fraction of sp³-hybridized carbons (Fsp3) is 0.600. The van der Waals surface area contributed by atoms with Gasteiger partial charge in [0, 0.05) is 26.2 Å². The molecule has 0 aromatic heterocycles. The Morgan fingerprint density at radius 2 is 2.19 bits per heavy atom. The number of hydrogen-bond acceptors (Lipinski definition) is 5. The van der Waals surface area contributed by atoms with Crippen LogP contribution in [0.4, 0.5) is 0 Å². The van der Waals surface area contributed by atoms with Crippen molar-refractivity contribution in [2.45, 2.75) is 30.9 Å². The topological polar surface area (TPSA) is 83.6 Å². The highest BCUT2D eigenvalue weighted by molar-refractivity contribution is 7.91. The lowest BCUT2D eigenvalue weighted by molar-refractivity contribution is 0.0375. The first-order chi connectivity index (χ1) is 9.92. The third kappa shape index (κ3) is 4.26. The zero-order valence-electron chi connectivity index (χ0n) is 12.4. The molecule has 3 N–H and O–H groups in total. The van der Waals surface area contributed by atoms with Crippen molar-refractivity contribution in [3.8, 4) is 0 Å². The second kappa shape index (κ2) is 6.87. The highest BCUT2D eigenvalue weighted by Gasteiger charge is 2.25. The second-order valence-corrected chi connectivity index (χ2v) is 7.91. The number of aliphatic hydroxyl groups excluding tert-OH is 1. The summed E-state index contributed by atoms with van der Waals surface area (Å²) in [4.78, 5) is 2.46. The van der Waals surface area contributed by atoms with E-state index in [4.69, 9.17) is 5.73 Å². The first-order valence-electron chi connectivity index (χ1n) is 7.34. The van der Waals surface area contributed by atoms with E-state index in [1.165, 1.54) is 0 Å². The highest BCUT2D eigenvalue weighted by Crippen LogP contribution is 2.18. The molecule has 0 spiro atoms. The first kappa shape index (κ1) is 16.4. The maximum absolute atomic E-state index is 12.4. The molecule has 1 fully saturated rings. The molecule has 1 aliphatic heterocycles. The molecule has 1 aromatic rings. The summed E-state index contributed by atoms with van der Waals surface area (Å²) in [6.45, 7) is 4.34. The van der Waals surface area contributed by atoms with E-state index in [-0.39, 0.29) is 17.8 Å². The predicted octanol–water partition coefficient (Wildman–Crippen LogP) is 0.622. The minimum atomic E-state index is -3.28. The van der Waals surface area contributed by atoms with Gasteiger partial charge in [0.1, 0.15) is 0 Å². The summed E-state index contributed by atoms with van der Waals surface area (Å²) in [6.07, 6.45) is 0.447. The zero-order chi connectivity index (χ0) is 15.5. The molecule has 0 bridgehead atoms. The van der Waals surface area contributed by atoms with Gasteiger partial charge in [-0.25, -0.2) is 8.42 Å². The number of likely N-dealkylation sites (tertiary alicyclic amines) is 1. The fourth-order valence-electron chi connectivity index (χ4n) is 2.66. The van der Waals surface area contributed by atoms with Gasteiger partial charge in [0.15, 0.2) is 9.84 Å². The monoisotopic (exact) mass is 312 g/mol. The predicted molar refractivity (Wildman–Crippen MR) is 82.6 cm³/mol. The Bertz CT molecular complexity index is 574. The lowest BCUT2D eigenvalue weighted by Crippen LogP contribution is -2.43. The van der Waals surface area contributed by atoms with Crippen LogP contribution in [0, 0.1) is 5.92 Å². The zero-order valence-corrected chi connectivity index (χ0v) is 13.2. The molecule has 0 saturated carbocycles. The van der Waals surface area contributed by atoms with Crippen LogP contribution >= 0.6 is 0 Å². The number of hydrogen-bond donors (Lipinski definition) is 2. The Kier molecular flexibility index (Phi) is 5.37. The summed E-state index contributed by atoms with van der Waals surface area (Å²) in [5, 5.41) is 9.70. The van der Waals surface area contributed by atoms with Crippen LogP contribution in [0.25, 0.3) is 0 Å². The number of nitrogens with zero attached hydrogens (tertiary/aromatic N) is 1. The van der Waals surface area contributed by atoms with Crippen LogP contribution in [0.1, 0.15) is 18.9 Å². The Hall–Kier alpha value is -0.950. The largest absolute Gasteiger partial charge is 0.393 e. The summed E-state index contributed by atoms with van der Waals surface area (Å²) in [5.41, 5.74) is 6.38. The Morgan fingerprint density at radius 3 is 2.86 bits per heavy atom. The molecule has 5 nitrogen and oxygen atoms in total. The minimum absolute atomic E-state index is 0.101. The lowest BCUT2D eigenvalue weighted by Gasteiger charge is -2.34. The van der Waals surface area contributed by atoms with Crippen LogP contribution in [-0.4, -0.2) is 49.9 Å². The smallest absolute Gasteiger partial charge is 0.179 e. The van der Waals surface area contributed by atoms with Crippen LogP contribution in [0.15, 0.2) is 29.2 Å². The average molecular weight is 312 g/mol. The minimum Gasteiger partial charge on any atom is -0.393 e. The van der Waals surface area contributed by atoms with E-state index in [2.05, 4.69) is 4.90 Å². The highest BCUT2D eigenvalue weighted by atomic mass is 32.2. The van der Waals surface area contributed by atoms with Gasteiger partial charge in [0.25, 0.3) is 0 Å². The van der Waals surface area contributed by atoms with Crippen molar-refractivity contribution in [2.24, 2.45) is 11.7 Å². The van der Waals surface area contributed by atoms with Gasteiger partial charge in [-0.05, 0) is 30.0 Å². The molecular formula is C15H24N2O3S. The van der Waals surface area contributed by atoms with Crippen LogP contribution in [0.2, 0.25) is 0 Å². The van der Waals surface area contributed by atoms with Crippen LogP contribution in [0.5, 0.6) is 0 Å². The average Bonchev–Trinajstić information content (AvgIpc) is 2.48. The number of piperidine rings is 1. The number of aliphatic hydroxyl groups is 1. The maximum Gasteiger partial charge on any atom is 0.179 e. The summed E-state index contributed by atoms with van der Waals surface area (Å²) in [6, 6.07) is 6.83. The standard InChI is InChI=1S/C15H24N2O3S/c1-12-11-17(6-5-15(12)18)7-8-21(19,20)14-4-2-3-13(9-14)10-16/h2-4,9,12,15,18H,5-8,10-11,16H2,1H3. The first-order valence-corrected chi connectivity index (χ1v) is 9.00. The molecule has 0 aliphatic carbocycles. The molecule has 1 aliphatic rings. The quantitative estimate of drug-likeness (QED) is 0.833. The van der Waals surface area contributed by atoms with Crippen molar-refractivity contribution in [1.29, 1.82) is 0 Å². The van der Waals surface area contributed by atoms with Crippen molar-refractivity contribution in [1.82, 2.24) is 4.90 Å². The van der Waals surface area contributed by atoms with E-state index < -0.39 is 9.84 Å². The van der Waals surface area contributed by atoms with E-state index in [1.54, 1.807) is 18.2 Å². The number of sulfone groups is 1. The van der Waals surface area contributed by atoms with Gasteiger partial charge in [-0.2, -0.15) is 0 Å². The van der Waals surface area contributed by atoms with Crippen LogP contribution < -0.4 is 5.73 Å². The van der Waals surface area contributed by atoms with E-state index in [1.807, 2.05) is 13.0 Å². The molecule has 2 unspecified atom stereocenters. The molecule has 1 saturated heterocycles. The van der Waals surface area contributed by atoms with Crippen molar-refractivity contribution in [3.63, 3.8) is 0 Å². The van der Waals surface area contributed by atoms with Crippen molar-refractivity contribution in [2.75, 3.05) is 25.4 Å². The van der Waals surface area contributed by atoms with Crippen molar-refractivity contribution < 1.29 is 13.5 Å². The Morgan fingerprint density at radius 1 is 1.43 bits per heavy atom. The summed E-state index contributed by atoms with van der Waals surface area (Å²) < 4.78 is 24.7. The molecule has 0 radical (unpaired) electrons. The van der Waals surface area contributed by atoms with Gasteiger partial charge >= 0.3 is 0 Å². The van der Waals surface area contributed by atoms with Crippen molar-refractivity contribution >= 4 is 9.84 Å². The third-order valence-corrected chi connectivity index (χ3v) is 5.81. The molecule has 0 amide bonds.